The molecule has 90 valence electrons. The molecule has 0 radical (unpaired) electrons. The fraction of sp³-hybridized carbons (Fsp3) is 0.667. The molecule has 1 aromatic heterocycles. The summed E-state index contributed by atoms with van der Waals surface area (Å²) >= 11 is 3.84. The summed E-state index contributed by atoms with van der Waals surface area (Å²) in [4.78, 5) is 4.08. The van der Waals surface area contributed by atoms with Gasteiger partial charge in [0.15, 0.2) is 0 Å². The zero-order valence-corrected chi connectivity index (χ0v) is 11.3. The Morgan fingerprint density at radius 3 is 2.94 bits per heavy atom. The highest BCUT2D eigenvalue weighted by Crippen LogP contribution is 2.22. The summed E-state index contributed by atoms with van der Waals surface area (Å²) in [5.74, 6) is 2.19. The molecule has 0 aliphatic carbocycles. The van der Waals surface area contributed by atoms with Gasteiger partial charge in [-0.25, -0.2) is 0 Å². The predicted octanol–water partition coefficient (Wildman–Crippen LogP) is 2.54. The van der Waals surface area contributed by atoms with Crippen molar-refractivity contribution in [1.82, 2.24) is 4.90 Å². The summed E-state index contributed by atoms with van der Waals surface area (Å²) in [5.41, 5.74) is 6.95. The Morgan fingerprint density at radius 1 is 1.38 bits per heavy atom. The van der Waals surface area contributed by atoms with Crippen LogP contribution in [0.1, 0.15) is 23.3 Å². The summed E-state index contributed by atoms with van der Waals surface area (Å²) in [5, 5.41) is 2.30. The molecule has 0 spiro atoms. The lowest BCUT2D eigenvalue weighted by molar-refractivity contribution is 0.334. The van der Waals surface area contributed by atoms with E-state index in [-0.39, 0.29) is 0 Å². The second-order valence-electron chi connectivity index (χ2n) is 4.25. The van der Waals surface area contributed by atoms with Gasteiger partial charge in [-0.3, -0.25) is 4.90 Å². The molecule has 2 N–H and O–H groups in total. The minimum atomic E-state index is 0.787. The molecule has 1 fully saturated rings. The van der Waals surface area contributed by atoms with Crippen molar-refractivity contribution in [3.8, 4) is 0 Å². The molecule has 1 aliphatic heterocycles. The van der Waals surface area contributed by atoms with Gasteiger partial charge in [-0.05, 0) is 42.9 Å². The summed E-state index contributed by atoms with van der Waals surface area (Å²) < 4.78 is 0. The fourth-order valence-corrected chi connectivity index (χ4v) is 3.77. The number of hydrogen-bond donors (Lipinski definition) is 1. The Morgan fingerprint density at radius 2 is 2.19 bits per heavy atom. The molecule has 0 bridgehead atoms. The molecule has 4 heteroatoms. The van der Waals surface area contributed by atoms with Crippen LogP contribution in [0.15, 0.2) is 11.4 Å². The van der Waals surface area contributed by atoms with E-state index in [9.17, 15) is 0 Å². The Bertz CT molecular complexity index is 306. The molecule has 2 rings (SSSR count). The van der Waals surface area contributed by atoms with Crippen LogP contribution in [0.2, 0.25) is 0 Å². The van der Waals surface area contributed by atoms with Crippen LogP contribution in [-0.2, 0) is 12.3 Å². The first-order valence-corrected chi connectivity index (χ1v) is 7.98. The van der Waals surface area contributed by atoms with Gasteiger partial charge in [-0.1, -0.05) is 0 Å². The summed E-state index contributed by atoms with van der Waals surface area (Å²) in [7, 11) is 0. The fourth-order valence-electron chi connectivity index (χ4n) is 2.02. The number of hydrogen-bond acceptors (Lipinski definition) is 4. The van der Waals surface area contributed by atoms with Crippen molar-refractivity contribution in [2.45, 2.75) is 25.1 Å². The number of thioether (sulfide) groups is 1. The lowest BCUT2D eigenvalue weighted by Crippen LogP contribution is -2.17. The third-order valence-corrected chi connectivity index (χ3v) is 4.85. The molecule has 0 saturated carbocycles. The van der Waals surface area contributed by atoms with Gasteiger partial charge < -0.3 is 5.73 Å². The van der Waals surface area contributed by atoms with Crippen molar-refractivity contribution < 1.29 is 0 Å². The minimum Gasteiger partial charge on any atom is -0.330 e. The molecule has 2 nitrogen and oxygen atoms in total. The third kappa shape index (κ3) is 3.77. The van der Waals surface area contributed by atoms with E-state index >= 15 is 0 Å². The Kier molecular flexibility index (Phi) is 5.16. The standard InChI is InChI=1S/C12H20N2S2/c13-3-6-15-9-11-7-12(16-10-11)8-14-4-1-2-5-14/h7,10H,1-6,8-9,13H2. The Hall–Kier alpha value is -0.0300. The zero-order chi connectivity index (χ0) is 11.2. The number of rotatable bonds is 6. The van der Waals surface area contributed by atoms with Crippen LogP contribution >= 0.6 is 23.1 Å². The van der Waals surface area contributed by atoms with E-state index in [1.54, 1.807) is 0 Å². The quantitative estimate of drug-likeness (QED) is 0.793. The average Bonchev–Trinajstić information content (AvgIpc) is 2.91. The normalized spacial score (nSPS) is 17.1. The van der Waals surface area contributed by atoms with Crippen LogP contribution in [0.3, 0.4) is 0 Å². The molecule has 0 aromatic carbocycles. The number of likely N-dealkylation sites (tertiary alicyclic amines) is 1. The van der Waals surface area contributed by atoms with E-state index < -0.39 is 0 Å². The van der Waals surface area contributed by atoms with E-state index in [0.717, 1.165) is 24.6 Å². The molecular weight excluding hydrogens is 236 g/mol. The van der Waals surface area contributed by atoms with E-state index in [1.165, 1.54) is 36.4 Å². The summed E-state index contributed by atoms with van der Waals surface area (Å²) in [6.45, 7) is 4.52. The highest BCUT2D eigenvalue weighted by atomic mass is 32.2. The van der Waals surface area contributed by atoms with Gasteiger partial charge in [0.05, 0.1) is 0 Å². The topological polar surface area (TPSA) is 29.3 Å². The average molecular weight is 256 g/mol. The molecule has 2 heterocycles. The van der Waals surface area contributed by atoms with Gasteiger partial charge in [0.2, 0.25) is 0 Å². The van der Waals surface area contributed by atoms with Crippen molar-refractivity contribution in [2.24, 2.45) is 5.73 Å². The molecule has 0 unspecified atom stereocenters. The largest absolute Gasteiger partial charge is 0.330 e. The molecular formula is C12H20N2S2. The maximum absolute atomic E-state index is 5.48. The lowest BCUT2D eigenvalue weighted by atomic mass is 10.3. The first-order chi connectivity index (χ1) is 7.88. The second-order valence-corrected chi connectivity index (χ2v) is 6.35. The molecule has 1 saturated heterocycles. The van der Waals surface area contributed by atoms with Crippen LogP contribution in [0.25, 0.3) is 0 Å². The SMILES string of the molecule is NCCSCc1csc(CN2CCCC2)c1. The smallest absolute Gasteiger partial charge is 0.0328 e. The van der Waals surface area contributed by atoms with Crippen molar-refractivity contribution in [1.29, 1.82) is 0 Å². The zero-order valence-electron chi connectivity index (χ0n) is 9.65. The molecule has 0 amide bonds. The molecule has 1 aliphatic rings. The molecule has 0 atom stereocenters. The van der Waals surface area contributed by atoms with E-state index in [2.05, 4.69) is 16.3 Å². The third-order valence-electron chi connectivity index (χ3n) is 2.82. The van der Waals surface area contributed by atoms with Gasteiger partial charge in [-0.2, -0.15) is 11.8 Å². The minimum absolute atomic E-state index is 0.787. The highest BCUT2D eigenvalue weighted by molar-refractivity contribution is 7.98. The van der Waals surface area contributed by atoms with E-state index in [4.69, 9.17) is 5.73 Å². The second kappa shape index (κ2) is 6.64. The summed E-state index contributed by atoms with van der Waals surface area (Å²) in [6.07, 6.45) is 2.76. The van der Waals surface area contributed by atoms with E-state index in [1.807, 2.05) is 23.1 Å². The van der Waals surface area contributed by atoms with Gasteiger partial charge >= 0.3 is 0 Å². The van der Waals surface area contributed by atoms with Gasteiger partial charge in [-0.15, -0.1) is 11.3 Å². The molecule has 1 aromatic rings. The van der Waals surface area contributed by atoms with Crippen LogP contribution in [0.4, 0.5) is 0 Å². The number of nitrogens with zero attached hydrogens (tertiary/aromatic N) is 1. The van der Waals surface area contributed by atoms with Crippen LogP contribution < -0.4 is 5.73 Å². The molecule has 16 heavy (non-hydrogen) atoms. The van der Waals surface area contributed by atoms with Crippen molar-refractivity contribution in [2.75, 3.05) is 25.4 Å². The van der Waals surface area contributed by atoms with E-state index in [0.29, 0.717) is 0 Å². The van der Waals surface area contributed by atoms with Crippen molar-refractivity contribution in [3.05, 3.63) is 21.9 Å². The highest BCUT2D eigenvalue weighted by Gasteiger charge is 2.12. The lowest BCUT2D eigenvalue weighted by Gasteiger charge is -2.12. The van der Waals surface area contributed by atoms with Crippen LogP contribution in [-0.4, -0.2) is 30.3 Å². The maximum Gasteiger partial charge on any atom is 0.0328 e. The van der Waals surface area contributed by atoms with Crippen molar-refractivity contribution in [3.63, 3.8) is 0 Å². The van der Waals surface area contributed by atoms with Gasteiger partial charge in [0, 0.05) is 29.5 Å². The van der Waals surface area contributed by atoms with Gasteiger partial charge in [0.25, 0.3) is 0 Å². The van der Waals surface area contributed by atoms with Crippen molar-refractivity contribution >= 4 is 23.1 Å². The van der Waals surface area contributed by atoms with Crippen LogP contribution in [0, 0.1) is 0 Å². The first kappa shape index (κ1) is 12.4. The number of thiophene rings is 1. The predicted molar refractivity (Wildman–Crippen MR) is 74.0 cm³/mol. The maximum atomic E-state index is 5.48. The Labute approximate surface area is 106 Å². The summed E-state index contributed by atoms with van der Waals surface area (Å²) in [6, 6.07) is 2.37. The number of nitrogens with two attached hydrogens (primary N) is 1. The monoisotopic (exact) mass is 256 g/mol. The first-order valence-electron chi connectivity index (χ1n) is 5.95. The van der Waals surface area contributed by atoms with Gasteiger partial charge in [0.1, 0.15) is 0 Å². The Balaban J connectivity index is 1.77. The van der Waals surface area contributed by atoms with Crippen LogP contribution in [0.5, 0.6) is 0 Å².